The molecule has 1 aliphatic carbocycles. The molecule has 5 nitrogen and oxygen atoms in total. The summed E-state index contributed by atoms with van der Waals surface area (Å²) in [5.74, 6) is -0.0456. The van der Waals surface area contributed by atoms with Crippen LogP contribution in [0.3, 0.4) is 0 Å². The van der Waals surface area contributed by atoms with Crippen LogP contribution < -0.4 is 10.9 Å². The largest absolute Gasteiger partial charge is 0.347 e. The van der Waals surface area contributed by atoms with Crippen LogP contribution in [0, 0.1) is 0 Å². The van der Waals surface area contributed by atoms with E-state index in [1.54, 1.807) is 0 Å². The maximum absolute atomic E-state index is 12.4. The summed E-state index contributed by atoms with van der Waals surface area (Å²) < 4.78 is 0. The summed E-state index contributed by atoms with van der Waals surface area (Å²) in [6.45, 7) is 0. The van der Waals surface area contributed by atoms with Crippen molar-refractivity contribution in [1.82, 2.24) is 15.3 Å². The molecule has 0 unspecified atom stereocenters. The molecule has 1 fully saturated rings. The number of hydrogen-bond acceptors (Lipinski definition) is 3. The Morgan fingerprint density at radius 3 is 2.56 bits per heavy atom. The Morgan fingerprint density at radius 2 is 1.80 bits per heavy atom. The highest BCUT2D eigenvalue weighted by Crippen LogP contribution is 2.45. The zero-order chi connectivity index (χ0) is 17.3. The number of hydrogen-bond donors (Lipinski definition) is 2. The SMILES string of the molecule is O=C(CCc1nc2ccccc2[nH]c1=O)NC1(c2ccccc2)CC1. The van der Waals surface area contributed by atoms with E-state index in [0.717, 1.165) is 23.9 Å². The van der Waals surface area contributed by atoms with Crippen LogP contribution in [0.25, 0.3) is 11.0 Å². The molecular formula is C20H19N3O2. The molecule has 0 radical (unpaired) electrons. The van der Waals surface area contributed by atoms with Gasteiger partial charge in [-0.3, -0.25) is 9.59 Å². The van der Waals surface area contributed by atoms with Crippen molar-refractivity contribution in [2.75, 3.05) is 0 Å². The molecule has 0 bridgehead atoms. The monoisotopic (exact) mass is 333 g/mol. The van der Waals surface area contributed by atoms with Crippen molar-refractivity contribution in [3.63, 3.8) is 0 Å². The van der Waals surface area contributed by atoms with Gasteiger partial charge in [-0.2, -0.15) is 0 Å². The van der Waals surface area contributed by atoms with E-state index in [0.29, 0.717) is 17.6 Å². The number of carbonyl (C=O) groups excluding carboxylic acids is 1. The molecule has 0 atom stereocenters. The molecule has 1 saturated carbocycles. The number of aromatic nitrogens is 2. The van der Waals surface area contributed by atoms with Crippen molar-refractivity contribution < 1.29 is 4.79 Å². The number of para-hydroxylation sites is 2. The molecule has 1 heterocycles. The molecule has 0 spiro atoms. The van der Waals surface area contributed by atoms with Crippen molar-refractivity contribution >= 4 is 16.9 Å². The maximum Gasteiger partial charge on any atom is 0.270 e. The van der Waals surface area contributed by atoms with Gasteiger partial charge in [0, 0.05) is 12.8 Å². The van der Waals surface area contributed by atoms with Crippen LogP contribution in [0.15, 0.2) is 59.4 Å². The number of nitrogens with one attached hydrogen (secondary N) is 2. The fourth-order valence-electron chi connectivity index (χ4n) is 3.17. The van der Waals surface area contributed by atoms with Crippen molar-refractivity contribution in [1.29, 1.82) is 0 Å². The average molecular weight is 333 g/mol. The number of carbonyl (C=O) groups is 1. The first-order valence-electron chi connectivity index (χ1n) is 8.51. The van der Waals surface area contributed by atoms with Gasteiger partial charge in [0.1, 0.15) is 5.69 Å². The van der Waals surface area contributed by atoms with Crippen LogP contribution in [0.5, 0.6) is 0 Å². The molecule has 3 aromatic rings. The molecule has 126 valence electrons. The lowest BCUT2D eigenvalue weighted by Gasteiger charge is -2.17. The molecule has 5 heteroatoms. The van der Waals surface area contributed by atoms with Crippen molar-refractivity contribution in [3.05, 3.63) is 76.2 Å². The smallest absolute Gasteiger partial charge is 0.270 e. The summed E-state index contributed by atoms with van der Waals surface area (Å²) in [4.78, 5) is 31.7. The molecular weight excluding hydrogens is 314 g/mol. The van der Waals surface area contributed by atoms with E-state index in [9.17, 15) is 9.59 Å². The van der Waals surface area contributed by atoms with E-state index in [2.05, 4.69) is 15.3 Å². The first-order chi connectivity index (χ1) is 12.2. The summed E-state index contributed by atoms with van der Waals surface area (Å²) in [5.41, 5.74) is 2.54. The second-order valence-corrected chi connectivity index (χ2v) is 6.53. The van der Waals surface area contributed by atoms with Gasteiger partial charge in [-0.1, -0.05) is 42.5 Å². The number of aryl methyl sites for hydroxylation is 1. The third-order valence-corrected chi connectivity index (χ3v) is 4.71. The quantitative estimate of drug-likeness (QED) is 0.754. The Hall–Kier alpha value is -2.95. The number of aromatic amines is 1. The normalized spacial score (nSPS) is 15.0. The predicted molar refractivity (Wildman–Crippen MR) is 96.2 cm³/mol. The Morgan fingerprint density at radius 1 is 1.08 bits per heavy atom. The molecule has 1 amide bonds. The Kier molecular flexibility index (Phi) is 3.84. The van der Waals surface area contributed by atoms with Crippen LogP contribution in [0.1, 0.15) is 30.5 Å². The number of H-pyrrole nitrogens is 1. The number of amides is 1. The highest BCUT2D eigenvalue weighted by molar-refractivity contribution is 5.78. The Labute approximate surface area is 145 Å². The lowest BCUT2D eigenvalue weighted by atomic mass is 10.0. The number of nitrogens with zero attached hydrogens (tertiary/aromatic N) is 1. The summed E-state index contributed by atoms with van der Waals surface area (Å²) in [6.07, 6.45) is 2.50. The van der Waals surface area contributed by atoms with E-state index in [1.165, 1.54) is 0 Å². The van der Waals surface area contributed by atoms with Gasteiger partial charge in [0.15, 0.2) is 0 Å². The minimum Gasteiger partial charge on any atom is -0.347 e. The molecule has 0 aliphatic heterocycles. The summed E-state index contributed by atoms with van der Waals surface area (Å²) in [7, 11) is 0. The van der Waals surface area contributed by atoms with E-state index < -0.39 is 0 Å². The second-order valence-electron chi connectivity index (χ2n) is 6.53. The van der Waals surface area contributed by atoms with E-state index >= 15 is 0 Å². The standard InChI is InChI=1S/C20H19N3O2/c24-18(23-20(12-13-20)14-6-2-1-3-7-14)11-10-17-19(25)22-16-9-5-4-8-15(16)21-17/h1-9H,10-13H2,(H,22,25)(H,23,24). The molecule has 0 saturated heterocycles. The Bertz CT molecular complexity index is 975. The number of fused-ring (bicyclic) bond motifs is 1. The van der Waals surface area contributed by atoms with Crippen LogP contribution >= 0.6 is 0 Å². The molecule has 2 N–H and O–H groups in total. The topological polar surface area (TPSA) is 74.8 Å². The number of benzene rings is 2. The molecule has 4 rings (SSSR count). The van der Waals surface area contributed by atoms with Gasteiger partial charge in [0.2, 0.25) is 5.91 Å². The minimum absolute atomic E-state index is 0.0456. The van der Waals surface area contributed by atoms with Crippen LogP contribution in [-0.2, 0) is 16.8 Å². The third kappa shape index (κ3) is 3.18. The van der Waals surface area contributed by atoms with Gasteiger partial charge in [-0.25, -0.2) is 4.98 Å². The predicted octanol–water partition coefficient (Wildman–Crippen LogP) is 2.66. The van der Waals surface area contributed by atoms with Gasteiger partial charge in [0.25, 0.3) is 5.56 Å². The summed E-state index contributed by atoms with van der Waals surface area (Å²) in [6, 6.07) is 17.4. The highest BCUT2D eigenvalue weighted by atomic mass is 16.2. The zero-order valence-electron chi connectivity index (χ0n) is 13.8. The molecule has 1 aromatic heterocycles. The van der Waals surface area contributed by atoms with Crippen molar-refractivity contribution in [2.45, 2.75) is 31.2 Å². The second kappa shape index (κ2) is 6.16. The fraction of sp³-hybridized carbons (Fsp3) is 0.250. The third-order valence-electron chi connectivity index (χ3n) is 4.71. The summed E-state index contributed by atoms with van der Waals surface area (Å²) >= 11 is 0. The molecule has 1 aliphatic rings. The zero-order valence-corrected chi connectivity index (χ0v) is 13.8. The Balaban J connectivity index is 1.44. The van der Waals surface area contributed by atoms with Gasteiger partial charge in [-0.05, 0) is 30.5 Å². The van der Waals surface area contributed by atoms with Crippen LogP contribution in [0.2, 0.25) is 0 Å². The van der Waals surface area contributed by atoms with Gasteiger partial charge < -0.3 is 10.3 Å². The van der Waals surface area contributed by atoms with Crippen molar-refractivity contribution in [3.8, 4) is 0 Å². The van der Waals surface area contributed by atoms with E-state index in [4.69, 9.17) is 0 Å². The van der Waals surface area contributed by atoms with Gasteiger partial charge in [0.05, 0.1) is 16.6 Å². The number of rotatable bonds is 5. The van der Waals surface area contributed by atoms with Crippen molar-refractivity contribution in [2.24, 2.45) is 0 Å². The lowest BCUT2D eigenvalue weighted by Crippen LogP contribution is -2.35. The van der Waals surface area contributed by atoms with E-state index in [-0.39, 0.29) is 23.4 Å². The lowest BCUT2D eigenvalue weighted by molar-refractivity contribution is -0.122. The highest BCUT2D eigenvalue weighted by Gasteiger charge is 2.45. The summed E-state index contributed by atoms with van der Waals surface area (Å²) in [5, 5.41) is 3.13. The molecule has 2 aromatic carbocycles. The van der Waals surface area contributed by atoms with Gasteiger partial charge >= 0.3 is 0 Å². The minimum atomic E-state index is -0.226. The first-order valence-corrected chi connectivity index (χ1v) is 8.51. The van der Waals surface area contributed by atoms with Crippen LogP contribution in [-0.4, -0.2) is 15.9 Å². The average Bonchev–Trinajstić information content (AvgIpc) is 3.41. The van der Waals surface area contributed by atoms with Gasteiger partial charge in [-0.15, -0.1) is 0 Å². The van der Waals surface area contributed by atoms with Crippen LogP contribution in [0.4, 0.5) is 0 Å². The van der Waals surface area contributed by atoms with E-state index in [1.807, 2.05) is 54.6 Å². The molecule has 25 heavy (non-hydrogen) atoms. The maximum atomic E-state index is 12.4. The fourth-order valence-corrected chi connectivity index (χ4v) is 3.17. The first kappa shape index (κ1) is 15.6.